The Morgan fingerprint density at radius 3 is 2.44 bits per heavy atom. The molecule has 1 aliphatic carbocycles. The monoisotopic (exact) mass is 461 g/mol. The van der Waals surface area contributed by atoms with Crippen LogP contribution in [0.1, 0.15) is 23.6 Å². The van der Waals surface area contributed by atoms with Crippen LogP contribution in [0, 0.1) is 5.92 Å². The Labute approximate surface area is 196 Å². The fourth-order valence-electron chi connectivity index (χ4n) is 4.43. The third-order valence-corrected chi connectivity index (χ3v) is 6.19. The number of benzene rings is 2. The summed E-state index contributed by atoms with van der Waals surface area (Å²) in [4.78, 5) is 41.0. The van der Waals surface area contributed by atoms with Gasteiger partial charge in [0.2, 0.25) is 11.8 Å². The fourth-order valence-corrected chi connectivity index (χ4v) is 4.43. The lowest BCUT2D eigenvalue weighted by atomic mass is 9.95. The highest BCUT2D eigenvalue weighted by atomic mass is 16.4. The van der Waals surface area contributed by atoms with E-state index in [4.69, 9.17) is 5.73 Å². The smallest absolute Gasteiger partial charge is 0.405 e. The van der Waals surface area contributed by atoms with Gasteiger partial charge in [-0.05, 0) is 59.9 Å². The van der Waals surface area contributed by atoms with E-state index in [-0.39, 0.29) is 18.4 Å². The number of nitrogens with two attached hydrogens (primary N) is 1. The number of hydrogen-bond donors (Lipinski definition) is 5. The Balaban J connectivity index is 1.36. The van der Waals surface area contributed by atoms with Crippen molar-refractivity contribution in [3.05, 3.63) is 71.4 Å². The summed E-state index contributed by atoms with van der Waals surface area (Å²) >= 11 is 0. The van der Waals surface area contributed by atoms with Gasteiger partial charge in [0.25, 0.3) is 0 Å². The van der Waals surface area contributed by atoms with Crippen LogP contribution in [0.4, 0.5) is 10.6 Å². The van der Waals surface area contributed by atoms with Gasteiger partial charge >= 0.3 is 6.09 Å². The van der Waals surface area contributed by atoms with Crippen LogP contribution in [0.2, 0.25) is 0 Å². The minimum absolute atomic E-state index is 0.219. The lowest BCUT2D eigenvalue weighted by Gasteiger charge is -2.24. The summed E-state index contributed by atoms with van der Waals surface area (Å²) in [7, 11) is 0. The molecular formula is C25H27N5O4. The molecule has 3 aromatic rings. The van der Waals surface area contributed by atoms with Gasteiger partial charge in [-0.1, -0.05) is 36.4 Å². The van der Waals surface area contributed by atoms with Crippen LogP contribution in [-0.4, -0.2) is 40.1 Å². The van der Waals surface area contributed by atoms with Crippen LogP contribution in [0.5, 0.6) is 0 Å². The molecule has 2 aromatic carbocycles. The number of carbonyl (C=O) groups is 3. The Bertz CT molecular complexity index is 1220. The molecule has 176 valence electrons. The molecular weight excluding hydrogens is 434 g/mol. The zero-order valence-corrected chi connectivity index (χ0v) is 18.7. The van der Waals surface area contributed by atoms with Crippen molar-refractivity contribution in [3.8, 4) is 0 Å². The number of fused-ring (bicyclic) bond motifs is 2. The summed E-state index contributed by atoms with van der Waals surface area (Å²) in [6, 6.07) is 13.5. The van der Waals surface area contributed by atoms with E-state index in [0.717, 1.165) is 27.5 Å². The number of rotatable bonds is 7. The molecule has 0 saturated carbocycles. The number of nitrogens with zero attached hydrogens (tertiary/aromatic N) is 1. The highest BCUT2D eigenvalue weighted by Crippen LogP contribution is 2.29. The largest absolute Gasteiger partial charge is 0.465 e. The van der Waals surface area contributed by atoms with Crippen molar-refractivity contribution in [3.63, 3.8) is 0 Å². The summed E-state index contributed by atoms with van der Waals surface area (Å²) in [6.07, 6.45) is 1.54. The normalized spacial score (nSPS) is 14.7. The zero-order valence-electron chi connectivity index (χ0n) is 18.7. The number of carbonyl (C=O) groups excluding carboxylic acids is 2. The molecule has 1 unspecified atom stereocenters. The van der Waals surface area contributed by atoms with Crippen molar-refractivity contribution in [2.45, 2.75) is 38.4 Å². The average molecular weight is 462 g/mol. The van der Waals surface area contributed by atoms with E-state index in [1.54, 1.807) is 13.1 Å². The minimum atomic E-state index is -1.28. The highest BCUT2D eigenvalue weighted by molar-refractivity contribution is 5.92. The Morgan fingerprint density at radius 1 is 1.06 bits per heavy atom. The number of hydrogen-bond acceptors (Lipinski definition) is 5. The molecule has 0 aliphatic heterocycles. The van der Waals surface area contributed by atoms with Crippen molar-refractivity contribution in [1.82, 2.24) is 20.9 Å². The van der Waals surface area contributed by atoms with E-state index < -0.39 is 24.1 Å². The number of pyridine rings is 1. The first-order chi connectivity index (χ1) is 16.3. The van der Waals surface area contributed by atoms with Crippen LogP contribution < -0.4 is 21.7 Å². The Morgan fingerprint density at radius 2 is 1.76 bits per heavy atom. The van der Waals surface area contributed by atoms with Crippen molar-refractivity contribution in [2.24, 2.45) is 5.92 Å². The average Bonchev–Trinajstić information content (AvgIpc) is 3.24. The van der Waals surface area contributed by atoms with Gasteiger partial charge in [0.15, 0.2) is 0 Å². The Kier molecular flexibility index (Phi) is 6.62. The van der Waals surface area contributed by atoms with E-state index in [9.17, 15) is 19.5 Å². The van der Waals surface area contributed by atoms with Crippen molar-refractivity contribution in [2.75, 3.05) is 5.73 Å². The van der Waals surface area contributed by atoms with Gasteiger partial charge in [0.1, 0.15) is 17.9 Å². The second kappa shape index (κ2) is 9.78. The predicted molar refractivity (Wildman–Crippen MR) is 128 cm³/mol. The van der Waals surface area contributed by atoms with Crippen LogP contribution >= 0.6 is 0 Å². The van der Waals surface area contributed by atoms with E-state index >= 15 is 0 Å². The molecule has 1 aromatic heterocycles. The van der Waals surface area contributed by atoms with Crippen LogP contribution in [0.3, 0.4) is 0 Å². The van der Waals surface area contributed by atoms with E-state index in [2.05, 4.69) is 20.9 Å². The summed E-state index contributed by atoms with van der Waals surface area (Å²) in [5.41, 5.74) is 8.97. The molecule has 0 spiro atoms. The second-order valence-corrected chi connectivity index (χ2v) is 8.56. The SMILES string of the molecule is CC(NC(=O)[C@H](NC(=O)O)C1Cc2ccccc2C1)C(=O)NCc1ccc2c(N)nccc2c1. The van der Waals surface area contributed by atoms with Gasteiger partial charge in [0.05, 0.1) is 0 Å². The molecule has 34 heavy (non-hydrogen) atoms. The first-order valence-electron chi connectivity index (χ1n) is 11.1. The molecule has 9 heteroatoms. The number of aromatic nitrogens is 1. The van der Waals surface area contributed by atoms with Crippen molar-refractivity contribution >= 4 is 34.5 Å². The predicted octanol–water partition coefficient (Wildman–Crippen LogP) is 1.99. The quantitative estimate of drug-likeness (QED) is 0.364. The second-order valence-electron chi connectivity index (χ2n) is 8.56. The molecule has 0 radical (unpaired) electrons. The molecule has 4 rings (SSSR count). The lowest BCUT2D eigenvalue weighted by Crippen LogP contribution is -2.55. The lowest BCUT2D eigenvalue weighted by molar-refractivity contribution is -0.130. The molecule has 1 heterocycles. The maximum atomic E-state index is 12.9. The van der Waals surface area contributed by atoms with Crippen LogP contribution in [0.25, 0.3) is 10.8 Å². The third kappa shape index (κ3) is 5.09. The van der Waals surface area contributed by atoms with Gasteiger partial charge in [-0.25, -0.2) is 9.78 Å². The van der Waals surface area contributed by atoms with Gasteiger partial charge in [-0.15, -0.1) is 0 Å². The number of nitrogen functional groups attached to an aromatic ring is 1. The van der Waals surface area contributed by atoms with E-state index in [1.807, 2.05) is 48.5 Å². The number of anilines is 1. The van der Waals surface area contributed by atoms with Crippen molar-refractivity contribution in [1.29, 1.82) is 0 Å². The topological polar surface area (TPSA) is 146 Å². The maximum absolute atomic E-state index is 12.9. The first-order valence-corrected chi connectivity index (χ1v) is 11.1. The molecule has 2 atom stereocenters. The van der Waals surface area contributed by atoms with Gasteiger partial charge in [-0.3, -0.25) is 9.59 Å². The highest BCUT2D eigenvalue weighted by Gasteiger charge is 2.35. The zero-order chi connectivity index (χ0) is 24.2. The molecule has 1 aliphatic rings. The minimum Gasteiger partial charge on any atom is -0.465 e. The summed E-state index contributed by atoms with van der Waals surface area (Å²) < 4.78 is 0. The third-order valence-electron chi connectivity index (χ3n) is 6.19. The molecule has 6 N–H and O–H groups in total. The van der Waals surface area contributed by atoms with Gasteiger partial charge < -0.3 is 26.8 Å². The summed E-state index contributed by atoms with van der Waals surface area (Å²) in [5, 5.41) is 18.8. The van der Waals surface area contributed by atoms with E-state index in [0.29, 0.717) is 18.7 Å². The maximum Gasteiger partial charge on any atom is 0.405 e. The fraction of sp³-hybridized carbons (Fsp3) is 0.280. The molecule has 3 amide bonds. The van der Waals surface area contributed by atoms with Gasteiger partial charge in [0, 0.05) is 18.1 Å². The Hall–Kier alpha value is -4.14. The van der Waals surface area contributed by atoms with Crippen LogP contribution in [0.15, 0.2) is 54.7 Å². The standard InChI is InChI=1S/C25H27N5O4/c1-14(23(31)28-13-15-6-7-20-18(10-15)8-9-27-22(20)26)29-24(32)21(30-25(33)34)19-11-16-4-2-3-5-17(16)12-19/h2-10,14,19,21,30H,11-13H2,1H3,(H2,26,27)(H,28,31)(H,29,32)(H,33,34)/t14?,21-/m1/s1. The van der Waals surface area contributed by atoms with Gasteiger partial charge in [-0.2, -0.15) is 0 Å². The number of amides is 3. The molecule has 0 fully saturated rings. The summed E-state index contributed by atoms with van der Waals surface area (Å²) in [6.45, 7) is 1.84. The van der Waals surface area contributed by atoms with E-state index in [1.165, 1.54) is 0 Å². The molecule has 0 bridgehead atoms. The molecule has 0 saturated heterocycles. The number of nitrogens with one attached hydrogen (secondary N) is 3. The van der Waals surface area contributed by atoms with Crippen LogP contribution in [-0.2, 0) is 29.0 Å². The number of carboxylic acid groups (broad SMARTS) is 1. The first kappa shape index (κ1) is 23.0. The molecule has 9 nitrogen and oxygen atoms in total. The van der Waals surface area contributed by atoms with Crippen molar-refractivity contribution < 1.29 is 19.5 Å². The summed E-state index contributed by atoms with van der Waals surface area (Å²) in [5.74, 6) is -0.661.